The highest BCUT2D eigenvalue weighted by atomic mass is 16.5. The number of hydrogen-bond donors (Lipinski definition) is 2. The summed E-state index contributed by atoms with van der Waals surface area (Å²) in [4.78, 5) is 8.62. The number of aliphatic hydroxyl groups is 1. The van der Waals surface area contributed by atoms with Gasteiger partial charge in [-0.3, -0.25) is 0 Å². The zero-order valence-corrected chi connectivity index (χ0v) is 11.8. The van der Waals surface area contributed by atoms with Gasteiger partial charge in [-0.15, -0.1) is 0 Å². The Kier molecular flexibility index (Phi) is 4.58. The van der Waals surface area contributed by atoms with Gasteiger partial charge < -0.3 is 15.2 Å². The summed E-state index contributed by atoms with van der Waals surface area (Å²) in [5.74, 6) is 1.15. The maximum absolute atomic E-state index is 9.67. The summed E-state index contributed by atoms with van der Waals surface area (Å²) in [6.45, 7) is 2.86. The molecule has 0 aliphatic heterocycles. The first-order chi connectivity index (χ1) is 9.17. The molecule has 1 aliphatic rings. The van der Waals surface area contributed by atoms with Crippen molar-refractivity contribution in [2.45, 2.75) is 39.0 Å². The normalized spacial score (nSPS) is 18.1. The Morgan fingerprint density at radius 1 is 1.32 bits per heavy atom. The maximum Gasteiger partial charge on any atom is 0.226 e. The minimum absolute atomic E-state index is 0.0153. The van der Waals surface area contributed by atoms with Crippen LogP contribution in [0.25, 0.3) is 0 Å². The minimum atomic E-state index is -0.0153. The number of aryl methyl sites for hydroxylation is 1. The van der Waals surface area contributed by atoms with Gasteiger partial charge in [0.1, 0.15) is 0 Å². The molecule has 106 valence electrons. The van der Waals surface area contributed by atoms with Gasteiger partial charge in [0.15, 0.2) is 0 Å². The topological polar surface area (TPSA) is 67.3 Å². The van der Waals surface area contributed by atoms with Crippen molar-refractivity contribution in [2.24, 2.45) is 5.41 Å². The van der Waals surface area contributed by atoms with E-state index >= 15 is 0 Å². The first-order valence-electron chi connectivity index (χ1n) is 6.92. The van der Waals surface area contributed by atoms with E-state index in [1.807, 2.05) is 6.92 Å². The molecule has 0 saturated heterocycles. The van der Waals surface area contributed by atoms with E-state index in [9.17, 15) is 5.11 Å². The Hall–Kier alpha value is -1.36. The van der Waals surface area contributed by atoms with Crippen LogP contribution in [0.4, 0.5) is 5.95 Å². The molecule has 1 fully saturated rings. The molecule has 0 amide bonds. The first-order valence-corrected chi connectivity index (χ1v) is 6.92. The smallest absolute Gasteiger partial charge is 0.226 e. The fourth-order valence-electron chi connectivity index (χ4n) is 2.68. The predicted octanol–water partition coefficient (Wildman–Crippen LogP) is 2.15. The Bertz CT molecular complexity index is 417. The lowest BCUT2D eigenvalue weighted by atomic mass is 9.74. The molecule has 1 heterocycles. The SMILES string of the molecule is COc1cc(C)nc(NCC2(CO)CCCCC2)n1. The Labute approximate surface area is 114 Å². The molecule has 1 aliphatic carbocycles. The first kappa shape index (κ1) is 14.1. The van der Waals surface area contributed by atoms with Gasteiger partial charge in [-0.25, -0.2) is 4.98 Å². The van der Waals surface area contributed by atoms with Crippen molar-refractivity contribution >= 4 is 5.95 Å². The third kappa shape index (κ3) is 3.56. The van der Waals surface area contributed by atoms with Crippen LogP contribution in [0.2, 0.25) is 0 Å². The quantitative estimate of drug-likeness (QED) is 0.854. The van der Waals surface area contributed by atoms with Gasteiger partial charge in [-0.2, -0.15) is 4.98 Å². The van der Waals surface area contributed by atoms with Crippen LogP contribution in [-0.4, -0.2) is 35.3 Å². The number of methoxy groups -OCH3 is 1. The van der Waals surface area contributed by atoms with Crippen molar-refractivity contribution in [1.29, 1.82) is 0 Å². The molecular weight excluding hydrogens is 242 g/mol. The zero-order valence-electron chi connectivity index (χ0n) is 11.8. The van der Waals surface area contributed by atoms with Crippen molar-refractivity contribution < 1.29 is 9.84 Å². The second kappa shape index (κ2) is 6.19. The number of anilines is 1. The molecule has 2 rings (SSSR count). The van der Waals surface area contributed by atoms with Gasteiger partial charge in [-0.05, 0) is 19.8 Å². The lowest BCUT2D eigenvalue weighted by Gasteiger charge is -2.35. The largest absolute Gasteiger partial charge is 0.481 e. The molecule has 1 saturated carbocycles. The number of nitrogens with one attached hydrogen (secondary N) is 1. The van der Waals surface area contributed by atoms with Gasteiger partial charge >= 0.3 is 0 Å². The second-order valence-electron chi connectivity index (χ2n) is 5.45. The van der Waals surface area contributed by atoms with E-state index in [0.717, 1.165) is 25.1 Å². The van der Waals surface area contributed by atoms with Crippen LogP contribution in [0.15, 0.2) is 6.07 Å². The lowest BCUT2D eigenvalue weighted by Crippen LogP contribution is -2.36. The molecule has 2 N–H and O–H groups in total. The Morgan fingerprint density at radius 3 is 2.68 bits per heavy atom. The Balaban J connectivity index is 2.02. The fraction of sp³-hybridized carbons (Fsp3) is 0.714. The molecule has 0 unspecified atom stereocenters. The third-order valence-corrected chi connectivity index (χ3v) is 3.91. The van der Waals surface area contributed by atoms with Crippen LogP contribution in [0.1, 0.15) is 37.8 Å². The van der Waals surface area contributed by atoms with Crippen molar-refractivity contribution in [1.82, 2.24) is 9.97 Å². The van der Waals surface area contributed by atoms with E-state index in [-0.39, 0.29) is 12.0 Å². The van der Waals surface area contributed by atoms with Gasteiger partial charge in [0.2, 0.25) is 11.8 Å². The van der Waals surface area contributed by atoms with Crippen molar-refractivity contribution in [3.05, 3.63) is 11.8 Å². The minimum Gasteiger partial charge on any atom is -0.481 e. The van der Waals surface area contributed by atoms with Crippen LogP contribution < -0.4 is 10.1 Å². The molecule has 0 bridgehead atoms. The molecule has 5 nitrogen and oxygen atoms in total. The number of nitrogens with zero attached hydrogens (tertiary/aromatic N) is 2. The number of ether oxygens (including phenoxy) is 1. The molecule has 1 aromatic heterocycles. The molecule has 5 heteroatoms. The van der Waals surface area contributed by atoms with E-state index < -0.39 is 0 Å². The highest BCUT2D eigenvalue weighted by Crippen LogP contribution is 2.35. The summed E-state index contributed by atoms with van der Waals surface area (Å²) in [6, 6.07) is 1.80. The van der Waals surface area contributed by atoms with Crippen LogP contribution in [-0.2, 0) is 0 Å². The van der Waals surface area contributed by atoms with Gasteiger partial charge in [0.25, 0.3) is 0 Å². The molecule has 0 aromatic carbocycles. The summed E-state index contributed by atoms with van der Waals surface area (Å²) in [5.41, 5.74) is 0.856. The molecule has 0 atom stereocenters. The van der Waals surface area contributed by atoms with E-state index in [0.29, 0.717) is 11.8 Å². The number of hydrogen-bond acceptors (Lipinski definition) is 5. The predicted molar refractivity (Wildman–Crippen MR) is 74.4 cm³/mol. The summed E-state index contributed by atoms with van der Waals surface area (Å²) in [5, 5.41) is 12.9. The third-order valence-electron chi connectivity index (χ3n) is 3.91. The van der Waals surface area contributed by atoms with E-state index in [2.05, 4.69) is 15.3 Å². The van der Waals surface area contributed by atoms with Crippen molar-refractivity contribution in [3.63, 3.8) is 0 Å². The van der Waals surface area contributed by atoms with Gasteiger partial charge in [0, 0.05) is 23.7 Å². The van der Waals surface area contributed by atoms with Crippen LogP contribution in [0.5, 0.6) is 5.88 Å². The van der Waals surface area contributed by atoms with Crippen LogP contribution >= 0.6 is 0 Å². The highest BCUT2D eigenvalue weighted by molar-refractivity contribution is 5.31. The number of rotatable bonds is 5. The Morgan fingerprint density at radius 2 is 2.05 bits per heavy atom. The van der Waals surface area contributed by atoms with E-state index in [1.54, 1.807) is 13.2 Å². The average Bonchev–Trinajstić information content (AvgIpc) is 2.45. The lowest BCUT2D eigenvalue weighted by molar-refractivity contribution is 0.0942. The zero-order chi connectivity index (χ0) is 13.7. The molecule has 19 heavy (non-hydrogen) atoms. The van der Waals surface area contributed by atoms with Gasteiger partial charge in [0.05, 0.1) is 13.7 Å². The summed E-state index contributed by atoms with van der Waals surface area (Å²) in [7, 11) is 1.60. The molecular formula is C14H23N3O2. The second-order valence-corrected chi connectivity index (χ2v) is 5.45. The summed E-state index contributed by atoms with van der Waals surface area (Å²) in [6.07, 6.45) is 5.80. The summed E-state index contributed by atoms with van der Waals surface area (Å²) < 4.78 is 5.14. The van der Waals surface area contributed by atoms with Crippen molar-refractivity contribution in [2.75, 3.05) is 25.6 Å². The maximum atomic E-state index is 9.67. The molecule has 1 aromatic rings. The van der Waals surface area contributed by atoms with Gasteiger partial charge in [-0.1, -0.05) is 19.3 Å². The highest BCUT2D eigenvalue weighted by Gasteiger charge is 2.31. The monoisotopic (exact) mass is 265 g/mol. The number of aliphatic hydroxyl groups excluding tert-OH is 1. The average molecular weight is 265 g/mol. The standard InChI is InChI=1S/C14H23N3O2/c1-11-8-12(19-2)17-13(16-11)15-9-14(10-18)6-4-3-5-7-14/h8,18H,3-7,9-10H2,1-2H3,(H,15,16,17). The number of aromatic nitrogens is 2. The van der Waals surface area contributed by atoms with Crippen LogP contribution in [0.3, 0.4) is 0 Å². The van der Waals surface area contributed by atoms with Crippen molar-refractivity contribution in [3.8, 4) is 5.88 Å². The van der Waals surface area contributed by atoms with Crippen LogP contribution in [0, 0.1) is 12.3 Å². The fourth-order valence-corrected chi connectivity index (χ4v) is 2.68. The van der Waals surface area contributed by atoms with E-state index in [1.165, 1.54) is 19.3 Å². The van der Waals surface area contributed by atoms with E-state index in [4.69, 9.17) is 4.74 Å². The molecule has 0 radical (unpaired) electrons. The summed E-state index contributed by atoms with van der Waals surface area (Å²) >= 11 is 0. The molecule has 0 spiro atoms.